The van der Waals surface area contributed by atoms with Gasteiger partial charge in [-0.05, 0) is 29.3 Å². The van der Waals surface area contributed by atoms with Crippen LogP contribution in [-0.4, -0.2) is 50.9 Å². The Morgan fingerprint density at radius 2 is 1.39 bits per heavy atom. The summed E-state index contributed by atoms with van der Waals surface area (Å²) < 4.78 is 46.5. The number of methoxy groups -OCH3 is 1. The van der Waals surface area contributed by atoms with E-state index in [0.717, 1.165) is 6.07 Å². The number of hydrogen-bond acceptors (Lipinski definition) is 4. The van der Waals surface area contributed by atoms with Crippen molar-refractivity contribution in [3.8, 4) is 5.75 Å². The van der Waals surface area contributed by atoms with E-state index in [-0.39, 0.29) is 16.7 Å². The first-order chi connectivity index (χ1) is 15.0. The van der Waals surface area contributed by atoms with Crippen molar-refractivity contribution in [2.24, 2.45) is 0 Å². The number of ether oxygens (including phenoxy) is 1. The van der Waals surface area contributed by atoms with Crippen molar-refractivity contribution in [2.45, 2.75) is 10.9 Å². The predicted molar refractivity (Wildman–Crippen MR) is 118 cm³/mol. The van der Waals surface area contributed by atoms with Crippen molar-refractivity contribution in [2.75, 3.05) is 33.3 Å². The van der Waals surface area contributed by atoms with Crippen LogP contribution in [0.1, 0.15) is 17.2 Å². The highest BCUT2D eigenvalue weighted by molar-refractivity contribution is 7.89. The summed E-state index contributed by atoms with van der Waals surface area (Å²) in [6.07, 6.45) is 0. The lowest BCUT2D eigenvalue weighted by atomic mass is 9.96. The molecule has 0 spiro atoms. The second-order valence-electron chi connectivity index (χ2n) is 7.46. The molecule has 5 nitrogen and oxygen atoms in total. The second kappa shape index (κ2) is 9.18. The Morgan fingerprint density at radius 1 is 0.839 bits per heavy atom. The molecule has 0 N–H and O–H groups in total. The highest BCUT2D eigenvalue weighted by Gasteiger charge is 2.32. The topological polar surface area (TPSA) is 49.9 Å². The molecule has 0 bridgehead atoms. The molecule has 1 heterocycles. The van der Waals surface area contributed by atoms with E-state index in [1.54, 1.807) is 0 Å². The lowest BCUT2D eigenvalue weighted by molar-refractivity contribution is 0.156. The molecule has 1 aliphatic rings. The maximum atomic E-state index is 14.1. The fraction of sp³-hybridized carbons (Fsp3) is 0.250. The van der Waals surface area contributed by atoms with Crippen LogP contribution in [0.25, 0.3) is 0 Å². The van der Waals surface area contributed by atoms with E-state index in [1.165, 1.54) is 34.7 Å². The van der Waals surface area contributed by atoms with Crippen LogP contribution in [0.3, 0.4) is 0 Å². The molecule has 162 valence electrons. The average Bonchev–Trinajstić information content (AvgIpc) is 2.81. The number of piperazine rings is 1. The summed E-state index contributed by atoms with van der Waals surface area (Å²) >= 11 is 0. The molecule has 1 saturated heterocycles. The van der Waals surface area contributed by atoms with E-state index in [0.29, 0.717) is 26.2 Å². The van der Waals surface area contributed by atoms with Gasteiger partial charge in [-0.2, -0.15) is 4.31 Å². The summed E-state index contributed by atoms with van der Waals surface area (Å²) in [4.78, 5) is 2.24. The van der Waals surface area contributed by atoms with Gasteiger partial charge in [0.05, 0.1) is 18.0 Å². The van der Waals surface area contributed by atoms with E-state index in [9.17, 15) is 12.8 Å². The molecule has 7 heteroatoms. The third kappa shape index (κ3) is 4.49. The monoisotopic (exact) mass is 440 g/mol. The summed E-state index contributed by atoms with van der Waals surface area (Å²) in [5.74, 6) is -0.659. The Bertz CT molecular complexity index is 1080. The highest BCUT2D eigenvalue weighted by Crippen LogP contribution is 2.31. The van der Waals surface area contributed by atoms with Crippen LogP contribution in [-0.2, 0) is 10.0 Å². The van der Waals surface area contributed by atoms with Crippen LogP contribution < -0.4 is 4.74 Å². The number of halogens is 1. The number of nitrogens with zero attached hydrogens (tertiary/aromatic N) is 2. The van der Waals surface area contributed by atoms with Gasteiger partial charge in [0.2, 0.25) is 10.0 Å². The van der Waals surface area contributed by atoms with Crippen molar-refractivity contribution in [1.82, 2.24) is 9.21 Å². The maximum Gasteiger partial charge on any atom is 0.243 e. The van der Waals surface area contributed by atoms with Gasteiger partial charge in [0.25, 0.3) is 0 Å². The van der Waals surface area contributed by atoms with Gasteiger partial charge >= 0.3 is 0 Å². The van der Waals surface area contributed by atoms with Gasteiger partial charge < -0.3 is 4.74 Å². The molecule has 1 aliphatic heterocycles. The van der Waals surface area contributed by atoms with Gasteiger partial charge in [0, 0.05) is 26.2 Å². The minimum Gasteiger partial charge on any atom is -0.494 e. The third-order valence-corrected chi connectivity index (χ3v) is 7.52. The summed E-state index contributed by atoms with van der Waals surface area (Å²) in [6.45, 7) is 1.83. The van der Waals surface area contributed by atoms with E-state index in [4.69, 9.17) is 4.74 Å². The van der Waals surface area contributed by atoms with Crippen LogP contribution >= 0.6 is 0 Å². The molecule has 3 aromatic carbocycles. The minimum absolute atomic E-state index is 0.0253. The van der Waals surface area contributed by atoms with Crippen LogP contribution in [0.4, 0.5) is 4.39 Å². The van der Waals surface area contributed by atoms with Crippen LogP contribution in [0.15, 0.2) is 83.8 Å². The molecule has 0 atom stereocenters. The zero-order chi connectivity index (χ0) is 21.8. The minimum atomic E-state index is -3.78. The van der Waals surface area contributed by atoms with Crippen molar-refractivity contribution < 1.29 is 17.5 Å². The van der Waals surface area contributed by atoms with Crippen molar-refractivity contribution in [3.63, 3.8) is 0 Å². The first-order valence-electron chi connectivity index (χ1n) is 10.2. The van der Waals surface area contributed by atoms with Crippen LogP contribution in [0, 0.1) is 5.82 Å². The fourth-order valence-electron chi connectivity index (χ4n) is 4.04. The number of hydrogen-bond donors (Lipinski definition) is 0. The molecule has 1 fully saturated rings. The first-order valence-corrected chi connectivity index (χ1v) is 11.6. The normalized spacial score (nSPS) is 15.8. The van der Waals surface area contributed by atoms with Gasteiger partial charge in [-0.25, -0.2) is 12.8 Å². The molecule has 0 aromatic heterocycles. The molecule has 0 aliphatic carbocycles. The smallest absolute Gasteiger partial charge is 0.243 e. The number of benzene rings is 3. The third-order valence-electron chi connectivity index (χ3n) is 5.63. The van der Waals surface area contributed by atoms with Gasteiger partial charge in [0.15, 0.2) is 11.6 Å². The van der Waals surface area contributed by atoms with E-state index in [2.05, 4.69) is 29.2 Å². The van der Waals surface area contributed by atoms with E-state index < -0.39 is 15.8 Å². The molecule has 0 amide bonds. The fourth-order valence-corrected chi connectivity index (χ4v) is 5.48. The summed E-state index contributed by atoms with van der Waals surface area (Å²) in [7, 11) is -2.43. The Hall–Kier alpha value is -2.74. The average molecular weight is 441 g/mol. The SMILES string of the molecule is COc1ccc(S(=O)(=O)N2CCN(C(c3ccccc3)c3ccccc3)CC2)cc1F. The molecule has 4 rings (SSSR count). The molecule has 0 saturated carbocycles. The van der Waals surface area contributed by atoms with Gasteiger partial charge in [-0.3, -0.25) is 4.90 Å². The lowest BCUT2D eigenvalue weighted by Gasteiger charge is -2.39. The maximum absolute atomic E-state index is 14.1. The molecule has 31 heavy (non-hydrogen) atoms. The molecule has 3 aromatic rings. The zero-order valence-electron chi connectivity index (χ0n) is 17.3. The molecule has 0 radical (unpaired) electrons. The Morgan fingerprint density at radius 3 is 1.87 bits per heavy atom. The standard InChI is InChI=1S/C24H25FN2O3S/c1-30-23-13-12-21(18-22(23)25)31(28,29)27-16-14-26(15-17-27)24(19-8-4-2-5-9-19)20-10-6-3-7-11-20/h2-13,18,24H,14-17H2,1H3. The summed E-state index contributed by atoms with van der Waals surface area (Å²) in [5.41, 5.74) is 2.34. The zero-order valence-corrected chi connectivity index (χ0v) is 18.1. The first kappa shape index (κ1) is 21.5. The Balaban J connectivity index is 1.54. The van der Waals surface area contributed by atoms with Crippen molar-refractivity contribution >= 4 is 10.0 Å². The van der Waals surface area contributed by atoms with E-state index in [1.807, 2.05) is 36.4 Å². The number of sulfonamides is 1. The molecule has 0 unspecified atom stereocenters. The van der Waals surface area contributed by atoms with Crippen molar-refractivity contribution in [3.05, 3.63) is 95.8 Å². The van der Waals surface area contributed by atoms with Crippen LogP contribution in [0.2, 0.25) is 0 Å². The highest BCUT2D eigenvalue weighted by atomic mass is 32.2. The van der Waals surface area contributed by atoms with Crippen LogP contribution in [0.5, 0.6) is 5.75 Å². The predicted octanol–water partition coefficient (Wildman–Crippen LogP) is 3.93. The largest absolute Gasteiger partial charge is 0.494 e. The van der Waals surface area contributed by atoms with Crippen molar-refractivity contribution in [1.29, 1.82) is 0 Å². The van der Waals surface area contributed by atoms with Gasteiger partial charge in [-0.15, -0.1) is 0 Å². The molecular weight excluding hydrogens is 415 g/mol. The molecular formula is C24H25FN2O3S. The lowest BCUT2D eigenvalue weighted by Crippen LogP contribution is -2.49. The quantitative estimate of drug-likeness (QED) is 0.583. The second-order valence-corrected chi connectivity index (χ2v) is 9.40. The Kier molecular flexibility index (Phi) is 6.36. The Labute approximate surface area is 182 Å². The van der Waals surface area contributed by atoms with E-state index >= 15 is 0 Å². The summed E-state index contributed by atoms with van der Waals surface area (Å²) in [5, 5.41) is 0. The van der Waals surface area contributed by atoms with Gasteiger partial charge in [0.1, 0.15) is 0 Å². The summed E-state index contributed by atoms with van der Waals surface area (Å²) in [6, 6.07) is 24.3. The number of rotatable bonds is 6. The van der Waals surface area contributed by atoms with Gasteiger partial charge in [-0.1, -0.05) is 60.7 Å².